The molecule has 1 aliphatic carbocycles. The molecule has 5 heteroatoms. The summed E-state index contributed by atoms with van der Waals surface area (Å²) in [4.78, 5) is 14.6. The number of rotatable bonds is 2. The van der Waals surface area contributed by atoms with Crippen molar-refractivity contribution in [2.75, 3.05) is 13.1 Å². The molecule has 3 nitrogen and oxygen atoms in total. The fraction of sp³-hybridized carbons (Fsp3) is 0.588. The predicted octanol–water partition coefficient (Wildman–Crippen LogP) is 2.94. The second kappa shape index (κ2) is 6.17. The first-order valence-corrected chi connectivity index (χ1v) is 7.68. The van der Waals surface area contributed by atoms with Crippen LogP contribution in [0.4, 0.5) is 4.39 Å². The maximum absolute atomic E-state index is 13.0. The van der Waals surface area contributed by atoms with Crippen LogP contribution in [0.25, 0.3) is 0 Å². The third-order valence-corrected chi connectivity index (χ3v) is 5.03. The largest absolute Gasteiger partial charge is 0.342 e. The molecule has 2 aliphatic rings. The molecule has 1 saturated heterocycles. The van der Waals surface area contributed by atoms with E-state index in [4.69, 9.17) is 5.73 Å². The molecule has 1 aromatic rings. The molecule has 0 spiro atoms. The van der Waals surface area contributed by atoms with Crippen molar-refractivity contribution in [2.24, 2.45) is 17.1 Å². The van der Waals surface area contributed by atoms with E-state index < -0.39 is 0 Å². The lowest BCUT2D eigenvalue weighted by Crippen LogP contribution is -2.54. The number of piperidine rings is 1. The molecule has 2 fully saturated rings. The summed E-state index contributed by atoms with van der Waals surface area (Å²) >= 11 is 0. The fourth-order valence-electron chi connectivity index (χ4n) is 3.34. The molecule has 3 atom stereocenters. The van der Waals surface area contributed by atoms with E-state index in [1.54, 1.807) is 12.1 Å². The molecule has 0 bridgehead atoms. The van der Waals surface area contributed by atoms with Gasteiger partial charge in [-0.2, -0.15) is 0 Å². The van der Waals surface area contributed by atoms with Gasteiger partial charge in [-0.1, -0.05) is 26.0 Å². The number of hydrogen-bond donors (Lipinski definition) is 1. The first kappa shape index (κ1) is 17.2. The lowest BCUT2D eigenvalue weighted by molar-refractivity contribution is -0.136. The number of nitrogens with zero attached hydrogens (tertiary/aromatic N) is 1. The van der Waals surface area contributed by atoms with E-state index in [0.29, 0.717) is 0 Å². The molecule has 3 unspecified atom stereocenters. The van der Waals surface area contributed by atoms with Crippen molar-refractivity contribution in [3.8, 4) is 0 Å². The quantitative estimate of drug-likeness (QED) is 0.908. The van der Waals surface area contributed by atoms with E-state index >= 15 is 0 Å². The molecule has 22 heavy (non-hydrogen) atoms. The number of carbonyl (C=O) groups excluding carboxylic acids is 1. The monoisotopic (exact) mass is 326 g/mol. The molecule has 1 saturated carbocycles. The van der Waals surface area contributed by atoms with E-state index in [9.17, 15) is 9.18 Å². The van der Waals surface area contributed by atoms with E-state index in [0.717, 1.165) is 31.5 Å². The van der Waals surface area contributed by atoms with Crippen molar-refractivity contribution in [2.45, 2.75) is 38.6 Å². The van der Waals surface area contributed by atoms with E-state index in [1.807, 2.05) is 4.90 Å². The number of halogens is 2. The Morgan fingerprint density at radius 1 is 1.32 bits per heavy atom. The highest BCUT2D eigenvalue weighted by Crippen LogP contribution is 2.49. The van der Waals surface area contributed by atoms with E-state index in [-0.39, 0.29) is 47.4 Å². The highest BCUT2D eigenvalue weighted by atomic mass is 35.5. The molecule has 0 aromatic heterocycles. The Balaban J connectivity index is 0.00000176. The Bertz CT molecular complexity index is 546. The van der Waals surface area contributed by atoms with E-state index in [2.05, 4.69) is 13.8 Å². The number of amides is 1. The Morgan fingerprint density at radius 3 is 2.55 bits per heavy atom. The zero-order valence-corrected chi connectivity index (χ0v) is 13.9. The van der Waals surface area contributed by atoms with Crippen molar-refractivity contribution >= 4 is 18.3 Å². The van der Waals surface area contributed by atoms with Crippen molar-refractivity contribution in [1.82, 2.24) is 4.90 Å². The van der Waals surface area contributed by atoms with Crippen LogP contribution >= 0.6 is 12.4 Å². The Hall–Kier alpha value is -1.13. The van der Waals surface area contributed by atoms with Gasteiger partial charge in [0.15, 0.2) is 0 Å². The Labute approximate surface area is 137 Å². The normalized spacial score (nSPS) is 29.6. The number of nitrogens with two attached hydrogens (primary N) is 1. The average molecular weight is 327 g/mol. The second-order valence-corrected chi connectivity index (χ2v) is 7.14. The topological polar surface area (TPSA) is 46.3 Å². The minimum absolute atomic E-state index is 0. The third kappa shape index (κ3) is 3.28. The summed E-state index contributed by atoms with van der Waals surface area (Å²) in [5.74, 6) is 0.343. The number of likely N-dealkylation sites (tertiary alicyclic amines) is 1. The zero-order chi connectivity index (χ0) is 15.2. The molecular formula is C17H24ClFN2O. The van der Waals surface area contributed by atoms with Crippen LogP contribution in [0.5, 0.6) is 0 Å². The van der Waals surface area contributed by atoms with Gasteiger partial charge in [0.2, 0.25) is 5.91 Å². The van der Waals surface area contributed by atoms with Crippen LogP contribution in [0.2, 0.25) is 0 Å². The molecule has 1 aliphatic heterocycles. The number of carbonyl (C=O) groups is 1. The molecule has 1 heterocycles. The average Bonchev–Trinajstić information content (AvgIpc) is 3.22. The van der Waals surface area contributed by atoms with Gasteiger partial charge in [-0.15, -0.1) is 12.4 Å². The van der Waals surface area contributed by atoms with Crippen molar-refractivity contribution in [3.05, 3.63) is 35.6 Å². The van der Waals surface area contributed by atoms with Gasteiger partial charge in [0.05, 0.1) is 0 Å². The Kier molecular flexibility index (Phi) is 4.83. The van der Waals surface area contributed by atoms with Crippen LogP contribution in [-0.4, -0.2) is 29.9 Å². The van der Waals surface area contributed by atoms with Crippen LogP contribution in [0.3, 0.4) is 0 Å². The zero-order valence-electron chi connectivity index (χ0n) is 13.1. The SMILES string of the molecule is CC1(C)CN(C(=O)C2CC2c2ccc(F)cc2)CCC1N.Cl. The Morgan fingerprint density at radius 2 is 1.95 bits per heavy atom. The summed E-state index contributed by atoms with van der Waals surface area (Å²) in [6.45, 7) is 5.75. The highest BCUT2D eigenvalue weighted by molar-refractivity contribution is 5.85. The van der Waals surface area contributed by atoms with Crippen LogP contribution in [0.15, 0.2) is 24.3 Å². The number of hydrogen-bond acceptors (Lipinski definition) is 2. The lowest BCUT2D eigenvalue weighted by atomic mass is 9.79. The molecule has 1 amide bonds. The van der Waals surface area contributed by atoms with Crippen molar-refractivity contribution in [3.63, 3.8) is 0 Å². The lowest BCUT2D eigenvalue weighted by Gasteiger charge is -2.42. The first-order chi connectivity index (χ1) is 9.88. The predicted molar refractivity (Wildman–Crippen MR) is 87.4 cm³/mol. The van der Waals surface area contributed by atoms with Crippen molar-refractivity contribution in [1.29, 1.82) is 0 Å². The van der Waals surface area contributed by atoms with Gasteiger partial charge >= 0.3 is 0 Å². The summed E-state index contributed by atoms with van der Waals surface area (Å²) in [7, 11) is 0. The van der Waals surface area contributed by atoms with Crippen LogP contribution < -0.4 is 5.73 Å². The summed E-state index contributed by atoms with van der Waals surface area (Å²) < 4.78 is 13.0. The number of benzene rings is 1. The van der Waals surface area contributed by atoms with Gasteiger partial charge in [0, 0.05) is 25.0 Å². The van der Waals surface area contributed by atoms with Crippen molar-refractivity contribution < 1.29 is 9.18 Å². The summed E-state index contributed by atoms with van der Waals surface area (Å²) in [5.41, 5.74) is 7.18. The van der Waals surface area contributed by atoms with Gasteiger partial charge in [0.1, 0.15) is 5.82 Å². The fourth-order valence-corrected chi connectivity index (χ4v) is 3.34. The molecule has 122 valence electrons. The molecule has 1 aromatic carbocycles. The van der Waals surface area contributed by atoms with Gasteiger partial charge in [-0.25, -0.2) is 4.39 Å². The molecule has 2 N–H and O–H groups in total. The second-order valence-electron chi connectivity index (χ2n) is 7.14. The minimum Gasteiger partial charge on any atom is -0.342 e. The summed E-state index contributed by atoms with van der Waals surface area (Å²) in [6.07, 6.45) is 1.75. The molecule has 0 radical (unpaired) electrons. The third-order valence-electron chi connectivity index (χ3n) is 5.03. The van der Waals surface area contributed by atoms with Crippen LogP contribution in [0, 0.1) is 17.2 Å². The molecular weight excluding hydrogens is 303 g/mol. The van der Waals surface area contributed by atoms with Gasteiger partial charge in [-0.05, 0) is 41.9 Å². The first-order valence-electron chi connectivity index (χ1n) is 7.68. The van der Waals surface area contributed by atoms with Crippen LogP contribution in [0.1, 0.15) is 38.2 Å². The highest BCUT2D eigenvalue weighted by Gasteiger charge is 2.47. The molecule has 3 rings (SSSR count). The minimum atomic E-state index is -0.228. The summed E-state index contributed by atoms with van der Waals surface area (Å²) in [6, 6.07) is 6.69. The standard InChI is InChI=1S/C17H23FN2O.ClH/c1-17(2)10-20(8-7-15(17)19)16(21)14-9-13(14)11-3-5-12(18)6-4-11;/h3-6,13-15H,7-10,19H2,1-2H3;1H. The summed E-state index contributed by atoms with van der Waals surface area (Å²) in [5, 5.41) is 0. The van der Waals surface area contributed by atoms with Crippen LogP contribution in [-0.2, 0) is 4.79 Å². The maximum Gasteiger partial charge on any atom is 0.226 e. The maximum atomic E-state index is 13.0. The van der Waals surface area contributed by atoms with E-state index in [1.165, 1.54) is 12.1 Å². The van der Waals surface area contributed by atoms with Gasteiger partial charge in [-0.3, -0.25) is 4.79 Å². The van der Waals surface area contributed by atoms with Gasteiger partial charge < -0.3 is 10.6 Å². The smallest absolute Gasteiger partial charge is 0.226 e. The van der Waals surface area contributed by atoms with Gasteiger partial charge in [0.25, 0.3) is 0 Å².